The van der Waals surface area contributed by atoms with E-state index in [1.165, 1.54) is 12.1 Å². The fourth-order valence-corrected chi connectivity index (χ4v) is 2.62. The summed E-state index contributed by atoms with van der Waals surface area (Å²) in [6, 6.07) is 6.24. The van der Waals surface area contributed by atoms with Gasteiger partial charge in [-0.1, -0.05) is 32.9 Å². The molecule has 0 spiro atoms. The summed E-state index contributed by atoms with van der Waals surface area (Å²) < 4.78 is 13.0. The third-order valence-electron chi connectivity index (χ3n) is 3.91. The highest BCUT2D eigenvalue weighted by Crippen LogP contribution is 2.31. The summed E-state index contributed by atoms with van der Waals surface area (Å²) in [4.78, 5) is 26.0. The number of rotatable bonds is 3. The van der Waals surface area contributed by atoms with Crippen molar-refractivity contribution in [2.45, 2.75) is 39.7 Å². The summed E-state index contributed by atoms with van der Waals surface area (Å²) in [7, 11) is 0. The Hall–Kier alpha value is -1.91. The number of nitrogens with one attached hydrogen (secondary N) is 1. The zero-order chi connectivity index (χ0) is 16.3. The van der Waals surface area contributed by atoms with Crippen molar-refractivity contribution in [1.29, 1.82) is 0 Å². The molecule has 1 aromatic rings. The van der Waals surface area contributed by atoms with E-state index in [1.54, 1.807) is 17.0 Å². The molecule has 120 valence electrons. The maximum atomic E-state index is 13.0. The van der Waals surface area contributed by atoms with Gasteiger partial charge in [0.15, 0.2) is 0 Å². The Kier molecular flexibility index (Phi) is 4.84. The quantitative estimate of drug-likeness (QED) is 0.933. The van der Waals surface area contributed by atoms with Gasteiger partial charge in [0, 0.05) is 12.0 Å². The summed E-state index contributed by atoms with van der Waals surface area (Å²) in [5, 5.41) is 2.69. The second-order valence-corrected chi connectivity index (χ2v) is 6.73. The minimum Gasteiger partial charge on any atom is -0.347 e. The predicted molar refractivity (Wildman–Crippen MR) is 82.6 cm³/mol. The summed E-state index contributed by atoms with van der Waals surface area (Å²) in [6.45, 7) is 6.11. The summed E-state index contributed by atoms with van der Waals surface area (Å²) in [5.74, 6) is -0.514. The highest BCUT2D eigenvalue weighted by atomic mass is 19.1. The monoisotopic (exact) mass is 306 g/mol. The predicted octanol–water partition coefficient (Wildman–Crippen LogP) is 2.65. The molecule has 4 nitrogen and oxygen atoms in total. The third-order valence-corrected chi connectivity index (χ3v) is 3.91. The first-order valence-electron chi connectivity index (χ1n) is 7.62. The summed E-state index contributed by atoms with van der Waals surface area (Å²) >= 11 is 0. The molecule has 2 amide bonds. The lowest BCUT2D eigenvalue weighted by Crippen LogP contribution is -2.43. The maximum absolute atomic E-state index is 13.0. The Balaban J connectivity index is 1.99. The van der Waals surface area contributed by atoms with Gasteiger partial charge in [0.05, 0.1) is 12.6 Å². The number of nitrogens with zero attached hydrogens (tertiary/aromatic N) is 1. The van der Waals surface area contributed by atoms with Gasteiger partial charge in [-0.15, -0.1) is 0 Å². The van der Waals surface area contributed by atoms with E-state index in [4.69, 9.17) is 0 Å². The van der Waals surface area contributed by atoms with Crippen LogP contribution in [0.25, 0.3) is 0 Å². The number of likely N-dealkylation sites (tertiary alicyclic amines) is 1. The molecular weight excluding hydrogens is 283 g/mol. The molecule has 1 unspecified atom stereocenters. The van der Waals surface area contributed by atoms with Gasteiger partial charge in [-0.2, -0.15) is 0 Å². The SMILES string of the molecule is CC(C)(C)C(=O)NCC(=O)N1CCCC1c1ccc(F)cc1. The topological polar surface area (TPSA) is 49.4 Å². The van der Waals surface area contributed by atoms with Crippen LogP contribution >= 0.6 is 0 Å². The van der Waals surface area contributed by atoms with Crippen LogP contribution in [0.3, 0.4) is 0 Å². The zero-order valence-electron chi connectivity index (χ0n) is 13.4. The Bertz CT molecular complexity index is 549. The van der Waals surface area contributed by atoms with Crippen LogP contribution < -0.4 is 5.32 Å². The highest BCUT2D eigenvalue weighted by Gasteiger charge is 2.30. The first-order valence-corrected chi connectivity index (χ1v) is 7.62. The molecule has 1 fully saturated rings. The smallest absolute Gasteiger partial charge is 0.242 e. The maximum Gasteiger partial charge on any atom is 0.242 e. The van der Waals surface area contributed by atoms with Crippen LogP contribution in [-0.2, 0) is 9.59 Å². The van der Waals surface area contributed by atoms with Crippen molar-refractivity contribution in [2.75, 3.05) is 13.1 Å². The van der Waals surface area contributed by atoms with Crippen LogP contribution in [0.1, 0.15) is 45.2 Å². The van der Waals surface area contributed by atoms with Gasteiger partial charge >= 0.3 is 0 Å². The van der Waals surface area contributed by atoms with Crippen molar-refractivity contribution in [3.05, 3.63) is 35.6 Å². The van der Waals surface area contributed by atoms with Crippen LogP contribution in [0.2, 0.25) is 0 Å². The lowest BCUT2D eigenvalue weighted by Gasteiger charge is -2.26. The minimum atomic E-state index is -0.512. The Labute approximate surface area is 130 Å². The van der Waals surface area contributed by atoms with Crippen LogP contribution in [0.4, 0.5) is 4.39 Å². The van der Waals surface area contributed by atoms with E-state index in [2.05, 4.69) is 5.32 Å². The highest BCUT2D eigenvalue weighted by molar-refractivity contribution is 5.87. The number of benzene rings is 1. The average molecular weight is 306 g/mol. The normalized spacial score (nSPS) is 18.4. The number of amides is 2. The third kappa shape index (κ3) is 3.84. The van der Waals surface area contributed by atoms with Crippen molar-refractivity contribution in [3.8, 4) is 0 Å². The number of halogens is 1. The Morgan fingerprint density at radius 2 is 1.91 bits per heavy atom. The van der Waals surface area contributed by atoms with Gasteiger partial charge in [-0.05, 0) is 30.5 Å². The van der Waals surface area contributed by atoms with E-state index in [0.717, 1.165) is 18.4 Å². The van der Waals surface area contributed by atoms with Gasteiger partial charge in [0.2, 0.25) is 11.8 Å². The van der Waals surface area contributed by atoms with Gasteiger partial charge in [0.1, 0.15) is 5.82 Å². The van der Waals surface area contributed by atoms with Crippen molar-refractivity contribution in [2.24, 2.45) is 5.41 Å². The standard InChI is InChI=1S/C17H23FN2O2/c1-17(2,3)16(22)19-11-15(21)20-10-4-5-14(20)12-6-8-13(18)9-7-12/h6-9,14H,4-5,10-11H2,1-3H3,(H,19,22). The van der Waals surface area contributed by atoms with Crippen molar-refractivity contribution < 1.29 is 14.0 Å². The largest absolute Gasteiger partial charge is 0.347 e. The molecular formula is C17H23FN2O2. The number of hydrogen-bond acceptors (Lipinski definition) is 2. The molecule has 1 aliphatic heterocycles. The molecule has 0 bridgehead atoms. The molecule has 1 saturated heterocycles. The molecule has 0 radical (unpaired) electrons. The number of hydrogen-bond donors (Lipinski definition) is 1. The lowest BCUT2D eigenvalue weighted by molar-refractivity contribution is -0.135. The molecule has 1 aromatic carbocycles. The Morgan fingerprint density at radius 3 is 2.50 bits per heavy atom. The molecule has 1 heterocycles. The number of carbonyl (C=O) groups excluding carboxylic acids is 2. The van der Waals surface area contributed by atoms with E-state index in [-0.39, 0.29) is 30.2 Å². The fourth-order valence-electron chi connectivity index (χ4n) is 2.62. The van der Waals surface area contributed by atoms with Crippen LogP contribution in [0.5, 0.6) is 0 Å². The minimum absolute atomic E-state index is 0.00774. The molecule has 1 N–H and O–H groups in total. The molecule has 0 aliphatic carbocycles. The van der Waals surface area contributed by atoms with Crippen LogP contribution in [0.15, 0.2) is 24.3 Å². The van der Waals surface area contributed by atoms with Gasteiger partial charge in [-0.25, -0.2) is 4.39 Å². The van der Waals surface area contributed by atoms with Crippen molar-refractivity contribution in [3.63, 3.8) is 0 Å². The van der Waals surface area contributed by atoms with E-state index in [9.17, 15) is 14.0 Å². The first kappa shape index (κ1) is 16.5. The number of carbonyl (C=O) groups is 2. The van der Waals surface area contributed by atoms with Gasteiger partial charge in [-0.3, -0.25) is 9.59 Å². The summed E-state index contributed by atoms with van der Waals surface area (Å²) in [5.41, 5.74) is 0.427. The summed E-state index contributed by atoms with van der Waals surface area (Å²) in [6.07, 6.45) is 1.78. The fraction of sp³-hybridized carbons (Fsp3) is 0.529. The second-order valence-electron chi connectivity index (χ2n) is 6.73. The molecule has 1 aliphatic rings. The first-order chi connectivity index (χ1) is 10.3. The van der Waals surface area contributed by atoms with Gasteiger partial charge < -0.3 is 10.2 Å². The molecule has 1 atom stereocenters. The molecule has 0 saturated carbocycles. The van der Waals surface area contributed by atoms with Crippen LogP contribution in [0, 0.1) is 11.2 Å². The Morgan fingerprint density at radius 1 is 1.27 bits per heavy atom. The van der Waals surface area contributed by atoms with E-state index in [0.29, 0.717) is 6.54 Å². The zero-order valence-corrected chi connectivity index (χ0v) is 13.4. The van der Waals surface area contributed by atoms with Gasteiger partial charge in [0.25, 0.3) is 0 Å². The molecule has 5 heteroatoms. The molecule has 0 aromatic heterocycles. The lowest BCUT2D eigenvalue weighted by atomic mass is 9.96. The van der Waals surface area contributed by atoms with E-state index >= 15 is 0 Å². The molecule has 22 heavy (non-hydrogen) atoms. The second kappa shape index (κ2) is 6.46. The van der Waals surface area contributed by atoms with Crippen molar-refractivity contribution in [1.82, 2.24) is 10.2 Å². The van der Waals surface area contributed by atoms with E-state index < -0.39 is 5.41 Å². The van der Waals surface area contributed by atoms with Crippen LogP contribution in [-0.4, -0.2) is 29.8 Å². The average Bonchev–Trinajstić information content (AvgIpc) is 2.93. The van der Waals surface area contributed by atoms with Crippen molar-refractivity contribution >= 4 is 11.8 Å². The molecule has 2 rings (SSSR count). The van der Waals surface area contributed by atoms with E-state index in [1.807, 2.05) is 20.8 Å².